The number of nitrogens with one attached hydrogen (secondary N) is 3. The van der Waals surface area contributed by atoms with E-state index in [2.05, 4.69) is 39.2 Å². The molecule has 0 spiro atoms. The van der Waals surface area contributed by atoms with Crippen molar-refractivity contribution in [2.75, 3.05) is 13.1 Å². The van der Waals surface area contributed by atoms with Gasteiger partial charge in [0, 0.05) is 41.8 Å². The number of amidine groups is 1. The molecule has 5 N–H and O–H groups in total. The van der Waals surface area contributed by atoms with Crippen LogP contribution in [0.5, 0.6) is 0 Å². The number of aryl methyl sites for hydroxylation is 1. The first-order chi connectivity index (χ1) is 22.1. The zero-order valence-electron chi connectivity index (χ0n) is 27.2. The molecule has 2 aromatic carbocycles. The Morgan fingerprint density at radius 1 is 1.22 bits per heavy atom. The first-order valence-electron chi connectivity index (χ1n) is 16.7. The molecule has 0 saturated carbocycles. The van der Waals surface area contributed by atoms with E-state index in [-0.39, 0.29) is 11.1 Å². The highest BCUT2D eigenvalue weighted by Crippen LogP contribution is 2.35. The molecular weight excluding hydrogens is 601 g/mol. The third kappa shape index (κ3) is 8.06. The molecule has 5 rings (SSSR count). The molecule has 1 aliphatic rings. The number of nitrogens with two attached hydrogens (primary N) is 1. The number of benzene rings is 2. The van der Waals surface area contributed by atoms with Crippen molar-refractivity contribution in [2.24, 2.45) is 5.73 Å². The molecule has 0 aliphatic carbocycles. The Morgan fingerprint density at radius 3 is 2.70 bits per heavy atom. The summed E-state index contributed by atoms with van der Waals surface area (Å²) < 4.78 is 16.7. The average molecular weight is 648 g/mol. The van der Waals surface area contributed by atoms with Crippen LogP contribution in [0.3, 0.4) is 0 Å². The normalized spacial score (nSPS) is 18.0. The van der Waals surface area contributed by atoms with Gasteiger partial charge in [0.25, 0.3) is 0 Å². The Bertz CT molecular complexity index is 1700. The minimum Gasteiger partial charge on any atom is -0.374 e. The maximum atomic E-state index is 15.2. The summed E-state index contributed by atoms with van der Waals surface area (Å²) in [6.45, 7) is 7.83. The molecule has 3 heterocycles. The van der Waals surface area contributed by atoms with Gasteiger partial charge in [-0.05, 0) is 107 Å². The largest absolute Gasteiger partial charge is 0.374 e. The summed E-state index contributed by atoms with van der Waals surface area (Å²) in [6, 6.07) is 14.4. The van der Waals surface area contributed by atoms with E-state index in [0.717, 1.165) is 62.9 Å². The predicted octanol–water partition coefficient (Wildman–Crippen LogP) is 7.52. The Hall–Kier alpha value is -3.53. The van der Waals surface area contributed by atoms with Crippen LogP contribution >= 0.6 is 11.6 Å². The molecule has 1 aliphatic heterocycles. The number of rotatable bonds is 12. The number of halogens is 2. The predicted molar refractivity (Wildman–Crippen MR) is 187 cm³/mol. The first-order valence-corrected chi connectivity index (χ1v) is 17.0. The quantitative estimate of drug-likeness (QED) is 0.0938. The highest BCUT2D eigenvalue weighted by molar-refractivity contribution is 6.31. The number of hydrogen-bond acceptors (Lipinski definition) is 5. The summed E-state index contributed by atoms with van der Waals surface area (Å²) >= 11 is 6.29. The van der Waals surface area contributed by atoms with Gasteiger partial charge in [0.1, 0.15) is 5.65 Å². The fraction of sp³-hybridized carbons (Fsp3) is 0.472. The van der Waals surface area contributed by atoms with Crippen LogP contribution in [0.25, 0.3) is 28.0 Å². The molecule has 0 bridgehead atoms. The molecule has 1 fully saturated rings. The average Bonchev–Trinajstić information content (AvgIpc) is 3.32. The molecule has 10 heteroatoms. The topological polar surface area (TPSA) is 116 Å². The van der Waals surface area contributed by atoms with Crippen molar-refractivity contribution in [3.63, 3.8) is 0 Å². The van der Waals surface area contributed by atoms with Crippen LogP contribution in [0.2, 0.25) is 5.02 Å². The molecule has 4 aromatic rings. The summed E-state index contributed by atoms with van der Waals surface area (Å²) in [5.41, 5.74) is 9.68. The summed E-state index contributed by atoms with van der Waals surface area (Å²) in [6.07, 6.45) is 11.0. The number of H-pyrrole nitrogens is 1. The van der Waals surface area contributed by atoms with Gasteiger partial charge in [-0.25, -0.2) is 9.18 Å². The van der Waals surface area contributed by atoms with Crippen molar-refractivity contribution in [3.05, 3.63) is 81.1 Å². The summed E-state index contributed by atoms with van der Waals surface area (Å²) in [7, 11) is 0. The zero-order chi connectivity index (χ0) is 32.8. The molecule has 2 aromatic heterocycles. The van der Waals surface area contributed by atoms with Gasteiger partial charge in [-0.15, -0.1) is 0 Å². The van der Waals surface area contributed by atoms with E-state index in [4.69, 9.17) is 22.7 Å². The van der Waals surface area contributed by atoms with Crippen molar-refractivity contribution in [1.29, 1.82) is 5.41 Å². The van der Waals surface area contributed by atoms with Crippen LogP contribution < -0.4 is 16.7 Å². The van der Waals surface area contributed by atoms with E-state index in [0.29, 0.717) is 40.2 Å². The van der Waals surface area contributed by atoms with Crippen molar-refractivity contribution in [2.45, 2.75) is 96.7 Å². The van der Waals surface area contributed by atoms with Crippen LogP contribution in [-0.2, 0) is 6.42 Å². The van der Waals surface area contributed by atoms with Gasteiger partial charge in [0.2, 0.25) is 0 Å². The van der Waals surface area contributed by atoms with Crippen LogP contribution in [0.4, 0.5) is 4.39 Å². The number of hydrogen-bond donors (Lipinski definition) is 4. The fourth-order valence-corrected chi connectivity index (χ4v) is 7.03. The van der Waals surface area contributed by atoms with Gasteiger partial charge in [-0.3, -0.25) is 14.9 Å². The third-order valence-corrected chi connectivity index (χ3v) is 9.33. The van der Waals surface area contributed by atoms with Gasteiger partial charge in [-0.1, -0.05) is 43.5 Å². The molecule has 46 heavy (non-hydrogen) atoms. The first kappa shape index (κ1) is 33.8. The second-order valence-electron chi connectivity index (χ2n) is 12.8. The second kappa shape index (κ2) is 15.4. The molecule has 8 nitrogen and oxygen atoms in total. The maximum absolute atomic E-state index is 15.2. The van der Waals surface area contributed by atoms with Gasteiger partial charge in [0.05, 0.1) is 22.2 Å². The SMILES string of the molecule is CCCN1[C@H](CCNC(C)=N)CCCC[C@H]1c1ccc(-n2cc3cc(-c4cc(CCC[C@H](C)N)cc(Cl)c4F)[nH]c3nc2=O)cc1. The molecule has 0 unspecified atom stereocenters. The fourth-order valence-electron chi connectivity index (χ4n) is 6.79. The molecule has 0 amide bonds. The van der Waals surface area contributed by atoms with E-state index < -0.39 is 11.5 Å². The van der Waals surface area contributed by atoms with E-state index in [9.17, 15) is 4.79 Å². The third-order valence-electron chi connectivity index (χ3n) is 9.05. The monoisotopic (exact) mass is 647 g/mol. The van der Waals surface area contributed by atoms with Crippen molar-refractivity contribution in [1.82, 2.24) is 24.8 Å². The number of likely N-dealkylation sites (tertiary alicyclic amines) is 1. The smallest absolute Gasteiger partial charge is 0.354 e. The Balaban J connectivity index is 1.40. The van der Waals surface area contributed by atoms with Crippen LogP contribution in [0, 0.1) is 11.2 Å². The number of aromatic nitrogens is 3. The minimum absolute atomic E-state index is 0.0650. The summed E-state index contributed by atoms with van der Waals surface area (Å²) in [4.78, 5) is 23.3. The molecule has 3 atom stereocenters. The van der Waals surface area contributed by atoms with E-state index in [1.54, 1.807) is 23.8 Å². The van der Waals surface area contributed by atoms with Crippen molar-refractivity contribution in [3.8, 4) is 16.9 Å². The van der Waals surface area contributed by atoms with Crippen molar-refractivity contribution < 1.29 is 4.39 Å². The minimum atomic E-state index is -0.506. The Labute approximate surface area is 276 Å². The number of aromatic amines is 1. The van der Waals surface area contributed by atoms with Crippen molar-refractivity contribution >= 4 is 28.5 Å². The van der Waals surface area contributed by atoms with Crippen LogP contribution in [0.15, 0.2) is 53.5 Å². The molecule has 1 saturated heterocycles. The lowest BCUT2D eigenvalue weighted by Gasteiger charge is -2.37. The van der Waals surface area contributed by atoms with E-state index in [1.165, 1.54) is 24.8 Å². The van der Waals surface area contributed by atoms with Gasteiger partial charge >= 0.3 is 5.69 Å². The lowest BCUT2D eigenvalue weighted by atomic mass is 9.99. The molecule has 0 radical (unpaired) electrons. The highest BCUT2D eigenvalue weighted by Gasteiger charge is 2.29. The zero-order valence-corrected chi connectivity index (χ0v) is 28.0. The number of nitrogens with zero attached hydrogens (tertiary/aromatic N) is 3. The second-order valence-corrected chi connectivity index (χ2v) is 13.2. The van der Waals surface area contributed by atoms with E-state index in [1.807, 2.05) is 31.2 Å². The van der Waals surface area contributed by atoms with Crippen LogP contribution in [0.1, 0.15) is 89.3 Å². The van der Waals surface area contributed by atoms with Gasteiger partial charge in [-0.2, -0.15) is 4.98 Å². The van der Waals surface area contributed by atoms with Gasteiger partial charge < -0.3 is 16.0 Å². The molecule has 246 valence electrons. The van der Waals surface area contributed by atoms with E-state index >= 15 is 4.39 Å². The number of fused-ring (bicyclic) bond motifs is 1. The summed E-state index contributed by atoms with van der Waals surface area (Å²) in [5.74, 6) is 0.00469. The summed E-state index contributed by atoms with van der Waals surface area (Å²) in [5, 5.41) is 11.7. The van der Waals surface area contributed by atoms with Gasteiger partial charge in [0.15, 0.2) is 5.82 Å². The highest BCUT2D eigenvalue weighted by atomic mass is 35.5. The Morgan fingerprint density at radius 2 is 1.98 bits per heavy atom. The lowest BCUT2D eigenvalue weighted by Crippen LogP contribution is -2.40. The molecular formula is C36H47ClFN7O. The maximum Gasteiger partial charge on any atom is 0.354 e. The van der Waals surface area contributed by atoms with Crippen LogP contribution in [-0.4, -0.2) is 50.4 Å². The lowest BCUT2D eigenvalue weighted by molar-refractivity contribution is 0.128. The Kier molecular flexibility index (Phi) is 11.3. The standard InChI is InChI=1S/C36H47ClFN7O/c1-4-18-44-28(16-17-41-24(3)40)10-5-6-11-33(44)26-12-14-29(15-13-26)45-22-27-21-32(42-35(27)43-36(45)46)30-19-25(9-7-8-23(2)39)20-31(37)34(30)38/h12-15,19-23,28,33H,4-11,16-18,39H2,1-3H3,(H2,40,41)(H,42,43,46)/t23-,28-,33-/m0/s1.